The van der Waals surface area contributed by atoms with Crippen LogP contribution in [0, 0.1) is 0 Å². The zero-order chi connectivity index (χ0) is 18.8. The lowest BCUT2D eigenvalue weighted by atomic mass is 10.1. The summed E-state index contributed by atoms with van der Waals surface area (Å²) in [6.07, 6.45) is -0.408. The number of benzene rings is 1. The van der Waals surface area contributed by atoms with E-state index >= 15 is 0 Å². The fraction of sp³-hybridized carbons (Fsp3) is 0.412. The highest BCUT2D eigenvalue weighted by atomic mass is 35.5. The molecule has 1 aromatic carbocycles. The molecule has 0 radical (unpaired) electrons. The van der Waals surface area contributed by atoms with E-state index in [4.69, 9.17) is 16.3 Å². The molecule has 9 heteroatoms. The van der Waals surface area contributed by atoms with Crippen molar-refractivity contribution >= 4 is 35.4 Å². The molecule has 1 aromatic rings. The van der Waals surface area contributed by atoms with Crippen molar-refractivity contribution in [1.82, 2.24) is 14.7 Å². The molecule has 0 aliphatic carbocycles. The SMILES string of the molecule is CCOC(=O)N1CCN(C(=O)CN2C(=O)c3cccc(Cl)c3C2=O)CC1. The van der Waals surface area contributed by atoms with Gasteiger partial charge in [0.25, 0.3) is 11.8 Å². The molecule has 8 nitrogen and oxygen atoms in total. The van der Waals surface area contributed by atoms with Crippen molar-refractivity contribution in [1.29, 1.82) is 0 Å². The number of piperazine rings is 1. The third-order valence-electron chi connectivity index (χ3n) is 4.40. The maximum Gasteiger partial charge on any atom is 0.409 e. The van der Waals surface area contributed by atoms with E-state index in [0.717, 1.165) is 4.90 Å². The van der Waals surface area contributed by atoms with Gasteiger partial charge in [0, 0.05) is 26.2 Å². The van der Waals surface area contributed by atoms with Crippen molar-refractivity contribution < 1.29 is 23.9 Å². The Balaban J connectivity index is 1.62. The Kier molecular flexibility index (Phi) is 5.13. The van der Waals surface area contributed by atoms with E-state index in [-0.39, 0.29) is 28.6 Å². The molecule has 1 saturated heterocycles. The lowest BCUT2D eigenvalue weighted by Crippen LogP contribution is -2.53. The highest BCUT2D eigenvalue weighted by molar-refractivity contribution is 6.37. The predicted octanol–water partition coefficient (Wildman–Crippen LogP) is 1.24. The minimum absolute atomic E-state index is 0.138. The molecule has 0 N–H and O–H groups in total. The summed E-state index contributed by atoms with van der Waals surface area (Å²) in [4.78, 5) is 53.0. The zero-order valence-electron chi connectivity index (χ0n) is 14.2. The normalized spacial score (nSPS) is 16.8. The molecule has 1 fully saturated rings. The summed E-state index contributed by atoms with van der Waals surface area (Å²) in [7, 11) is 0. The first-order chi connectivity index (χ1) is 12.4. The van der Waals surface area contributed by atoms with Crippen LogP contribution >= 0.6 is 11.6 Å². The lowest BCUT2D eigenvalue weighted by molar-refractivity contribution is -0.133. The lowest BCUT2D eigenvalue weighted by Gasteiger charge is -2.34. The highest BCUT2D eigenvalue weighted by Gasteiger charge is 2.39. The van der Waals surface area contributed by atoms with Gasteiger partial charge < -0.3 is 14.5 Å². The molecule has 0 bridgehead atoms. The largest absolute Gasteiger partial charge is 0.450 e. The summed E-state index contributed by atoms with van der Waals surface area (Å²) in [6.45, 7) is 3.01. The summed E-state index contributed by atoms with van der Waals surface area (Å²) in [5, 5.41) is 0.193. The summed E-state index contributed by atoms with van der Waals surface area (Å²) < 4.78 is 4.93. The van der Waals surface area contributed by atoms with Crippen molar-refractivity contribution in [3.05, 3.63) is 34.3 Å². The molecule has 0 spiro atoms. The predicted molar refractivity (Wildman–Crippen MR) is 92.0 cm³/mol. The fourth-order valence-electron chi connectivity index (χ4n) is 3.02. The van der Waals surface area contributed by atoms with Crippen LogP contribution in [0.25, 0.3) is 0 Å². The smallest absolute Gasteiger partial charge is 0.409 e. The van der Waals surface area contributed by atoms with E-state index in [0.29, 0.717) is 32.8 Å². The van der Waals surface area contributed by atoms with Crippen LogP contribution in [-0.4, -0.2) is 77.8 Å². The van der Waals surface area contributed by atoms with Crippen molar-refractivity contribution in [3.8, 4) is 0 Å². The second-order valence-electron chi connectivity index (χ2n) is 5.93. The average molecular weight is 380 g/mol. The van der Waals surface area contributed by atoms with Crippen LogP contribution < -0.4 is 0 Å². The number of fused-ring (bicyclic) bond motifs is 1. The van der Waals surface area contributed by atoms with E-state index < -0.39 is 17.9 Å². The van der Waals surface area contributed by atoms with E-state index in [1.165, 1.54) is 21.9 Å². The number of amides is 4. The summed E-state index contributed by atoms with van der Waals surface area (Å²) in [5.74, 6) is -1.43. The number of halogens is 1. The number of hydrogen-bond acceptors (Lipinski definition) is 5. The molecule has 0 unspecified atom stereocenters. The molecule has 2 heterocycles. The van der Waals surface area contributed by atoms with Gasteiger partial charge in [-0.05, 0) is 19.1 Å². The van der Waals surface area contributed by atoms with Gasteiger partial charge in [-0.15, -0.1) is 0 Å². The number of nitrogens with zero attached hydrogens (tertiary/aromatic N) is 3. The molecule has 0 aromatic heterocycles. The van der Waals surface area contributed by atoms with Gasteiger partial charge in [0.15, 0.2) is 0 Å². The van der Waals surface area contributed by atoms with Gasteiger partial charge in [0.2, 0.25) is 5.91 Å². The third-order valence-corrected chi connectivity index (χ3v) is 4.71. The van der Waals surface area contributed by atoms with Gasteiger partial charge in [-0.3, -0.25) is 19.3 Å². The number of imide groups is 1. The molecular weight excluding hydrogens is 362 g/mol. The van der Waals surface area contributed by atoms with Crippen LogP contribution in [0.3, 0.4) is 0 Å². The number of carbonyl (C=O) groups is 4. The molecule has 138 valence electrons. The standard InChI is InChI=1S/C17H18ClN3O5/c1-2-26-17(25)20-8-6-19(7-9-20)13(22)10-21-15(23)11-4-3-5-12(18)14(11)16(21)24/h3-5H,2,6-10H2,1H3. The summed E-state index contributed by atoms with van der Waals surface area (Å²) in [5.41, 5.74) is 0.349. The zero-order valence-corrected chi connectivity index (χ0v) is 15.0. The minimum atomic E-state index is -0.561. The number of carbonyl (C=O) groups excluding carboxylic acids is 4. The van der Waals surface area contributed by atoms with E-state index in [1.807, 2.05) is 0 Å². The van der Waals surface area contributed by atoms with Crippen LogP contribution in [0.5, 0.6) is 0 Å². The second-order valence-corrected chi connectivity index (χ2v) is 6.33. The van der Waals surface area contributed by atoms with Crippen molar-refractivity contribution in [2.24, 2.45) is 0 Å². The Morgan fingerprint density at radius 2 is 1.73 bits per heavy atom. The Labute approximate surface area is 155 Å². The van der Waals surface area contributed by atoms with Crippen molar-refractivity contribution in [2.75, 3.05) is 39.3 Å². The average Bonchev–Trinajstić information content (AvgIpc) is 2.88. The molecular formula is C17H18ClN3O5. The Morgan fingerprint density at radius 3 is 2.35 bits per heavy atom. The summed E-state index contributed by atoms with van der Waals surface area (Å²) in [6, 6.07) is 4.64. The van der Waals surface area contributed by atoms with Crippen LogP contribution in [0.15, 0.2) is 18.2 Å². The van der Waals surface area contributed by atoms with Crippen molar-refractivity contribution in [2.45, 2.75) is 6.92 Å². The first kappa shape index (κ1) is 18.2. The van der Waals surface area contributed by atoms with Gasteiger partial charge in [-0.2, -0.15) is 0 Å². The van der Waals surface area contributed by atoms with Crippen LogP contribution in [-0.2, 0) is 9.53 Å². The van der Waals surface area contributed by atoms with E-state index in [9.17, 15) is 19.2 Å². The molecule has 0 atom stereocenters. The molecule has 2 aliphatic rings. The first-order valence-electron chi connectivity index (χ1n) is 8.28. The topological polar surface area (TPSA) is 87.2 Å². The molecule has 26 heavy (non-hydrogen) atoms. The van der Waals surface area contributed by atoms with Gasteiger partial charge >= 0.3 is 6.09 Å². The third kappa shape index (κ3) is 3.24. The first-order valence-corrected chi connectivity index (χ1v) is 8.66. The fourth-order valence-corrected chi connectivity index (χ4v) is 3.28. The maximum atomic E-state index is 12.5. The van der Waals surface area contributed by atoms with Gasteiger partial charge in [-0.25, -0.2) is 4.79 Å². The van der Waals surface area contributed by atoms with Crippen molar-refractivity contribution in [3.63, 3.8) is 0 Å². The summed E-state index contributed by atoms with van der Waals surface area (Å²) >= 11 is 6.01. The van der Waals surface area contributed by atoms with Gasteiger partial charge in [0.1, 0.15) is 6.54 Å². The van der Waals surface area contributed by atoms with Crippen LogP contribution in [0.4, 0.5) is 4.79 Å². The minimum Gasteiger partial charge on any atom is -0.450 e. The van der Waals surface area contributed by atoms with Gasteiger partial charge in [-0.1, -0.05) is 17.7 Å². The van der Waals surface area contributed by atoms with Crippen LogP contribution in [0.2, 0.25) is 5.02 Å². The quantitative estimate of drug-likeness (QED) is 0.737. The Hall–Kier alpha value is -2.61. The molecule has 0 saturated carbocycles. The monoisotopic (exact) mass is 379 g/mol. The number of hydrogen-bond donors (Lipinski definition) is 0. The Bertz CT molecular complexity index is 774. The molecule has 4 amide bonds. The van der Waals surface area contributed by atoms with E-state index in [2.05, 4.69) is 0 Å². The maximum absolute atomic E-state index is 12.5. The molecule has 3 rings (SSSR count). The molecule has 2 aliphatic heterocycles. The van der Waals surface area contributed by atoms with Crippen LogP contribution in [0.1, 0.15) is 27.6 Å². The number of ether oxygens (including phenoxy) is 1. The highest BCUT2D eigenvalue weighted by Crippen LogP contribution is 2.29. The Morgan fingerprint density at radius 1 is 1.08 bits per heavy atom. The van der Waals surface area contributed by atoms with Gasteiger partial charge in [0.05, 0.1) is 22.8 Å². The number of rotatable bonds is 3. The second kappa shape index (κ2) is 7.33. The van der Waals surface area contributed by atoms with E-state index in [1.54, 1.807) is 13.0 Å².